The smallest absolute Gasteiger partial charge is 0.327 e. The molecule has 0 aliphatic rings. The summed E-state index contributed by atoms with van der Waals surface area (Å²) >= 11 is 5.18. The van der Waals surface area contributed by atoms with E-state index < -0.39 is 66.4 Å². The molecule has 5 unspecified atom stereocenters. The third-order valence-corrected chi connectivity index (χ3v) is 4.88. The van der Waals surface area contributed by atoms with Crippen LogP contribution in [0.3, 0.4) is 0 Å². The lowest BCUT2D eigenvalue weighted by Gasteiger charge is -2.24. The number of nitrogens with one attached hydrogen (secondary N) is 3. The Balaban J connectivity index is 5.40. The molecule has 8 N–H and O–H groups in total. The van der Waals surface area contributed by atoms with Crippen molar-refractivity contribution in [1.29, 1.82) is 0 Å². The zero-order valence-corrected chi connectivity index (χ0v) is 18.2. The molecule has 12 nitrogen and oxygen atoms in total. The highest BCUT2D eigenvalue weighted by Crippen LogP contribution is 2.04. The molecule has 0 rings (SSSR count). The fraction of sp³-hybridized carbons (Fsp3) is 0.688. The van der Waals surface area contributed by atoms with Crippen molar-refractivity contribution in [3.8, 4) is 0 Å². The van der Waals surface area contributed by atoms with Gasteiger partial charge in [-0.15, -0.1) is 0 Å². The van der Waals surface area contributed by atoms with Gasteiger partial charge in [0.1, 0.15) is 24.2 Å². The Morgan fingerprint density at radius 1 is 0.967 bits per heavy atom. The largest absolute Gasteiger partial charge is 0.481 e. The van der Waals surface area contributed by atoms with E-state index in [1.165, 1.54) is 18.7 Å². The van der Waals surface area contributed by atoms with E-state index in [1.54, 1.807) is 6.26 Å². The molecule has 3 amide bonds. The Bertz CT molecular complexity index is 634. The first-order valence-corrected chi connectivity index (χ1v) is 10.9. The van der Waals surface area contributed by atoms with Crippen molar-refractivity contribution in [2.75, 3.05) is 17.8 Å². The van der Waals surface area contributed by atoms with Gasteiger partial charge in [0.05, 0.1) is 12.5 Å². The van der Waals surface area contributed by atoms with Gasteiger partial charge in [-0.1, -0.05) is 0 Å². The molecule has 0 aromatic rings. The molecule has 14 heteroatoms. The van der Waals surface area contributed by atoms with E-state index >= 15 is 0 Å². The van der Waals surface area contributed by atoms with Gasteiger partial charge in [0, 0.05) is 5.75 Å². The molecule has 0 saturated carbocycles. The molecule has 0 saturated heterocycles. The van der Waals surface area contributed by atoms with Gasteiger partial charge in [-0.05, 0) is 25.4 Å². The maximum atomic E-state index is 12.6. The summed E-state index contributed by atoms with van der Waals surface area (Å²) in [6.07, 6.45) is -0.0786. The van der Waals surface area contributed by atoms with Crippen molar-refractivity contribution < 1.29 is 39.3 Å². The Morgan fingerprint density at radius 2 is 1.47 bits per heavy atom. The number of thiol groups is 1. The van der Waals surface area contributed by atoms with E-state index in [1.807, 2.05) is 0 Å². The molecule has 0 aliphatic heterocycles. The number of hydrogen-bond donors (Lipinski definition) is 8. The number of carboxylic acid groups (broad SMARTS) is 2. The topological polar surface area (TPSA) is 208 Å². The zero-order chi connectivity index (χ0) is 23.4. The first-order valence-electron chi connectivity index (χ1n) is 8.83. The molecule has 0 radical (unpaired) electrons. The van der Waals surface area contributed by atoms with E-state index in [2.05, 4.69) is 28.6 Å². The molecule has 30 heavy (non-hydrogen) atoms. The maximum absolute atomic E-state index is 12.6. The summed E-state index contributed by atoms with van der Waals surface area (Å²) in [5.41, 5.74) is 5.55. The van der Waals surface area contributed by atoms with Gasteiger partial charge in [-0.25, -0.2) is 4.79 Å². The fourth-order valence-corrected chi connectivity index (χ4v) is 2.82. The van der Waals surface area contributed by atoms with Gasteiger partial charge < -0.3 is 37.0 Å². The summed E-state index contributed by atoms with van der Waals surface area (Å²) in [5, 5.41) is 34.1. The Kier molecular flexibility index (Phi) is 13.1. The highest BCUT2D eigenvalue weighted by Gasteiger charge is 2.31. The molecule has 0 heterocycles. The van der Waals surface area contributed by atoms with Crippen LogP contribution in [0.1, 0.15) is 19.8 Å². The molecule has 5 atom stereocenters. The van der Waals surface area contributed by atoms with Gasteiger partial charge in [0.25, 0.3) is 0 Å². The van der Waals surface area contributed by atoms with E-state index in [0.717, 1.165) is 0 Å². The van der Waals surface area contributed by atoms with Crippen molar-refractivity contribution in [3.63, 3.8) is 0 Å². The number of carbonyl (C=O) groups excluding carboxylic acids is 3. The van der Waals surface area contributed by atoms with Gasteiger partial charge in [-0.3, -0.25) is 19.2 Å². The molecule has 0 bridgehead atoms. The third kappa shape index (κ3) is 10.1. The molecule has 0 spiro atoms. The number of nitrogens with two attached hydrogens (primary N) is 1. The van der Waals surface area contributed by atoms with Crippen LogP contribution in [0.4, 0.5) is 0 Å². The minimum Gasteiger partial charge on any atom is -0.481 e. The fourth-order valence-electron chi connectivity index (χ4n) is 2.11. The molecule has 0 aliphatic carbocycles. The van der Waals surface area contributed by atoms with Crippen LogP contribution in [0.5, 0.6) is 0 Å². The second kappa shape index (κ2) is 14.1. The second-order valence-electron chi connectivity index (χ2n) is 6.35. The summed E-state index contributed by atoms with van der Waals surface area (Å²) in [4.78, 5) is 59.2. The zero-order valence-electron chi connectivity index (χ0n) is 16.5. The van der Waals surface area contributed by atoms with Crippen molar-refractivity contribution in [3.05, 3.63) is 0 Å². The Labute approximate surface area is 183 Å². The van der Waals surface area contributed by atoms with Crippen molar-refractivity contribution >= 4 is 54.1 Å². The first kappa shape index (κ1) is 28.0. The number of rotatable bonds is 14. The number of aliphatic hydroxyl groups excluding tert-OH is 1. The molecule has 0 aromatic heterocycles. The van der Waals surface area contributed by atoms with Crippen molar-refractivity contribution in [1.82, 2.24) is 16.0 Å². The Morgan fingerprint density at radius 3 is 1.90 bits per heavy atom. The lowest BCUT2D eigenvalue weighted by atomic mass is 10.1. The first-order chi connectivity index (χ1) is 13.9. The van der Waals surface area contributed by atoms with Crippen LogP contribution in [-0.4, -0.2) is 93.0 Å². The molecular weight excluding hydrogens is 440 g/mol. The summed E-state index contributed by atoms with van der Waals surface area (Å²) in [7, 11) is 0. The average Bonchev–Trinajstić information content (AvgIpc) is 2.66. The summed E-state index contributed by atoms with van der Waals surface area (Å²) in [5.74, 6) is -5.27. The van der Waals surface area contributed by atoms with Crippen LogP contribution in [0.15, 0.2) is 0 Å². The van der Waals surface area contributed by atoms with Gasteiger partial charge in [0.15, 0.2) is 0 Å². The van der Waals surface area contributed by atoms with Crippen LogP contribution in [0.25, 0.3) is 0 Å². The maximum Gasteiger partial charge on any atom is 0.327 e. The second-order valence-corrected chi connectivity index (χ2v) is 7.70. The third-order valence-electron chi connectivity index (χ3n) is 3.87. The summed E-state index contributed by atoms with van der Waals surface area (Å²) in [6.45, 7) is 1.30. The average molecular weight is 469 g/mol. The standard InChI is InChI=1S/C16H28N4O8S2/c1-7(21)12(17)15(26)18-8(3-4-30-2)13(24)19-9(5-11(22)23)14(25)20-10(6-29)16(27)28/h7-10,12,21,29H,3-6,17H2,1-2H3,(H,18,26)(H,19,24)(H,20,25)(H,22,23)(H,27,28). The summed E-state index contributed by atoms with van der Waals surface area (Å²) in [6, 6.07) is -5.42. The number of carbonyl (C=O) groups is 5. The van der Waals surface area contributed by atoms with E-state index in [4.69, 9.17) is 15.9 Å². The van der Waals surface area contributed by atoms with E-state index in [0.29, 0.717) is 5.75 Å². The number of aliphatic carboxylic acids is 2. The van der Waals surface area contributed by atoms with Gasteiger partial charge >= 0.3 is 11.9 Å². The van der Waals surface area contributed by atoms with Crippen molar-refractivity contribution in [2.24, 2.45) is 5.73 Å². The molecule has 0 aromatic carbocycles. The van der Waals surface area contributed by atoms with Crippen LogP contribution in [0, 0.1) is 0 Å². The van der Waals surface area contributed by atoms with E-state index in [-0.39, 0.29) is 12.2 Å². The molecule has 0 fully saturated rings. The monoisotopic (exact) mass is 468 g/mol. The summed E-state index contributed by atoms with van der Waals surface area (Å²) < 4.78 is 0. The van der Waals surface area contributed by atoms with Crippen LogP contribution < -0.4 is 21.7 Å². The minimum atomic E-state index is -1.59. The van der Waals surface area contributed by atoms with Crippen molar-refractivity contribution in [2.45, 2.75) is 50.0 Å². The Hall–Kier alpha value is -2.03. The van der Waals surface area contributed by atoms with Crippen LogP contribution in [-0.2, 0) is 24.0 Å². The highest BCUT2D eigenvalue weighted by atomic mass is 32.2. The van der Waals surface area contributed by atoms with Gasteiger partial charge in [0.2, 0.25) is 17.7 Å². The van der Waals surface area contributed by atoms with Gasteiger partial charge in [-0.2, -0.15) is 24.4 Å². The number of thioether (sulfide) groups is 1. The normalized spacial score (nSPS) is 15.8. The SMILES string of the molecule is CSCCC(NC(=O)C(N)C(C)O)C(=O)NC(CC(=O)O)C(=O)NC(CS)C(=O)O. The number of carboxylic acids is 2. The lowest BCUT2D eigenvalue weighted by Crippen LogP contribution is -2.58. The van der Waals surface area contributed by atoms with Crippen LogP contribution >= 0.6 is 24.4 Å². The predicted octanol–water partition coefficient (Wildman–Crippen LogP) is -2.61. The lowest BCUT2D eigenvalue weighted by molar-refractivity contribution is -0.143. The predicted molar refractivity (Wildman–Crippen MR) is 112 cm³/mol. The molecular formula is C16H28N4O8S2. The quantitative estimate of drug-likeness (QED) is 0.125. The minimum absolute atomic E-state index is 0.140. The number of amides is 3. The highest BCUT2D eigenvalue weighted by molar-refractivity contribution is 7.98. The van der Waals surface area contributed by atoms with Crippen LogP contribution in [0.2, 0.25) is 0 Å². The number of aliphatic hydroxyl groups is 1. The van der Waals surface area contributed by atoms with E-state index in [9.17, 15) is 29.1 Å². The molecule has 172 valence electrons. The number of hydrogen-bond acceptors (Lipinski definition) is 9.